The fourth-order valence-corrected chi connectivity index (χ4v) is 2.65. The maximum atomic E-state index is 12.2. The number of H-pyrrole nitrogens is 1. The minimum absolute atomic E-state index is 0.371. The lowest BCUT2D eigenvalue weighted by atomic mass is 9.87. The Morgan fingerprint density at radius 1 is 1.11 bits per heavy atom. The Bertz CT molecular complexity index is 719. The van der Waals surface area contributed by atoms with Gasteiger partial charge in [0.25, 0.3) is 0 Å². The summed E-state index contributed by atoms with van der Waals surface area (Å²) >= 11 is 0. The number of carbonyl (C=O) groups excluding carboxylic acids is 2. The molecule has 0 radical (unpaired) electrons. The molecule has 2 aromatic rings. The average Bonchev–Trinajstić information content (AvgIpc) is 2.76. The Morgan fingerprint density at radius 3 is 2.56 bits per heavy atom. The van der Waals surface area contributed by atoms with Crippen LogP contribution in [0.2, 0.25) is 0 Å². The first kappa shape index (κ1) is 11.0. The smallest absolute Gasteiger partial charge is 0.235 e. The van der Waals surface area contributed by atoms with Crippen LogP contribution in [0.15, 0.2) is 29.8 Å². The Morgan fingerprint density at radius 2 is 1.83 bits per heavy atom. The maximum absolute atomic E-state index is 12.2. The van der Waals surface area contributed by atoms with Crippen LogP contribution in [0.1, 0.15) is 36.3 Å². The summed E-state index contributed by atoms with van der Waals surface area (Å²) in [5.41, 5.74) is 3.79. The number of rotatable bonds is 1. The lowest BCUT2D eigenvalue weighted by Gasteiger charge is -2.15. The van der Waals surface area contributed by atoms with E-state index in [9.17, 15) is 9.59 Å². The summed E-state index contributed by atoms with van der Waals surface area (Å²) in [6, 6.07) is 7.60. The molecule has 18 heavy (non-hydrogen) atoms. The third-order valence-corrected chi connectivity index (χ3v) is 3.59. The van der Waals surface area contributed by atoms with Crippen LogP contribution in [0.25, 0.3) is 16.5 Å². The molecule has 1 aliphatic rings. The van der Waals surface area contributed by atoms with Gasteiger partial charge >= 0.3 is 0 Å². The van der Waals surface area contributed by atoms with Gasteiger partial charge in [-0.25, -0.2) is 0 Å². The van der Waals surface area contributed by atoms with Gasteiger partial charge in [-0.1, -0.05) is 25.1 Å². The van der Waals surface area contributed by atoms with E-state index >= 15 is 0 Å². The first-order valence-electron chi connectivity index (χ1n) is 6.05. The van der Waals surface area contributed by atoms with E-state index in [0.29, 0.717) is 11.1 Å². The van der Waals surface area contributed by atoms with Gasteiger partial charge in [-0.2, -0.15) is 0 Å². The first-order valence-corrected chi connectivity index (χ1v) is 6.05. The van der Waals surface area contributed by atoms with Crippen LogP contribution in [0.4, 0.5) is 0 Å². The van der Waals surface area contributed by atoms with E-state index in [2.05, 4.69) is 4.98 Å². The maximum Gasteiger partial charge on any atom is 0.235 e. The number of allylic oxidation sites excluding steroid dienone is 2. The van der Waals surface area contributed by atoms with Crippen molar-refractivity contribution in [2.75, 3.05) is 0 Å². The molecular formula is C15H13NO2. The zero-order valence-electron chi connectivity index (χ0n) is 10.3. The lowest BCUT2D eigenvalue weighted by Crippen LogP contribution is -2.22. The number of Topliss-reactive ketones (excluding diaryl/α,β-unsaturated/α-hetero) is 2. The summed E-state index contributed by atoms with van der Waals surface area (Å²) in [4.78, 5) is 27.4. The molecule has 1 aromatic heterocycles. The van der Waals surface area contributed by atoms with E-state index in [1.54, 1.807) is 6.92 Å². The van der Waals surface area contributed by atoms with Crippen molar-refractivity contribution in [2.45, 2.75) is 20.3 Å². The van der Waals surface area contributed by atoms with Gasteiger partial charge in [-0.05, 0) is 25.0 Å². The number of carbonyl (C=O) groups is 2. The Kier molecular flexibility index (Phi) is 2.23. The number of para-hydroxylation sites is 1. The van der Waals surface area contributed by atoms with Crippen molar-refractivity contribution in [2.24, 2.45) is 0 Å². The standard InChI is InChI=1S/C15H13NO2/c1-3-9-8(2)14(17)15(18)12-10-6-4-5-7-11(10)16-13(9)12/h4-7,16H,3H2,1-2H3. The van der Waals surface area contributed by atoms with Crippen molar-refractivity contribution in [1.29, 1.82) is 0 Å². The van der Waals surface area contributed by atoms with Crippen molar-refractivity contribution < 1.29 is 9.59 Å². The number of nitrogens with one attached hydrogen (secondary N) is 1. The molecule has 0 atom stereocenters. The largest absolute Gasteiger partial charge is 0.354 e. The molecule has 1 aromatic carbocycles. The summed E-state index contributed by atoms with van der Waals surface area (Å²) in [5.74, 6) is -0.763. The van der Waals surface area contributed by atoms with Crippen LogP contribution in [-0.2, 0) is 4.79 Å². The number of hydrogen-bond acceptors (Lipinski definition) is 2. The summed E-state index contributed by atoms with van der Waals surface area (Å²) in [6.45, 7) is 3.73. The number of benzene rings is 1. The first-order chi connectivity index (χ1) is 8.65. The van der Waals surface area contributed by atoms with E-state index in [4.69, 9.17) is 0 Å². The number of aromatic nitrogens is 1. The highest BCUT2D eigenvalue weighted by Gasteiger charge is 2.32. The van der Waals surface area contributed by atoms with E-state index in [1.165, 1.54) is 0 Å². The molecular weight excluding hydrogens is 226 g/mol. The molecule has 0 bridgehead atoms. The van der Waals surface area contributed by atoms with Crippen LogP contribution >= 0.6 is 0 Å². The topological polar surface area (TPSA) is 49.9 Å². The molecule has 3 nitrogen and oxygen atoms in total. The predicted octanol–water partition coefficient (Wildman–Crippen LogP) is 3.12. The highest BCUT2D eigenvalue weighted by Crippen LogP contribution is 2.35. The fourth-order valence-electron chi connectivity index (χ4n) is 2.65. The number of hydrogen-bond donors (Lipinski definition) is 1. The normalized spacial score (nSPS) is 15.4. The van der Waals surface area contributed by atoms with Gasteiger partial charge in [-0.3, -0.25) is 9.59 Å². The monoisotopic (exact) mass is 239 g/mol. The second kappa shape index (κ2) is 3.67. The molecule has 3 rings (SSSR count). The highest BCUT2D eigenvalue weighted by atomic mass is 16.2. The van der Waals surface area contributed by atoms with Gasteiger partial charge in [0.05, 0.1) is 11.3 Å². The fraction of sp³-hybridized carbons (Fsp3) is 0.200. The Labute approximate surface area is 105 Å². The van der Waals surface area contributed by atoms with E-state index in [0.717, 1.165) is 28.6 Å². The molecule has 0 saturated carbocycles. The third-order valence-electron chi connectivity index (χ3n) is 3.59. The Hall–Kier alpha value is -2.16. The van der Waals surface area contributed by atoms with Crippen molar-refractivity contribution in [3.63, 3.8) is 0 Å². The van der Waals surface area contributed by atoms with E-state index < -0.39 is 5.78 Å². The van der Waals surface area contributed by atoms with Gasteiger partial charge < -0.3 is 4.98 Å². The third kappa shape index (κ3) is 1.24. The summed E-state index contributed by atoms with van der Waals surface area (Å²) in [5, 5.41) is 0.837. The molecule has 1 N–H and O–H groups in total. The summed E-state index contributed by atoms with van der Waals surface area (Å²) in [7, 11) is 0. The second-order valence-corrected chi connectivity index (χ2v) is 4.54. The summed E-state index contributed by atoms with van der Waals surface area (Å²) < 4.78 is 0. The molecule has 0 aliphatic heterocycles. The highest BCUT2D eigenvalue weighted by molar-refractivity contribution is 6.54. The van der Waals surface area contributed by atoms with Gasteiger partial charge in [-0.15, -0.1) is 0 Å². The molecule has 0 fully saturated rings. The van der Waals surface area contributed by atoms with E-state index in [1.807, 2.05) is 31.2 Å². The molecule has 0 saturated heterocycles. The summed E-state index contributed by atoms with van der Waals surface area (Å²) in [6.07, 6.45) is 0.741. The van der Waals surface area contributed by atoms with Crippen LogP contribution in [0.3, 0.4) is 0 Å². The van der Waals surface area contributed by atoms with Crippen molar-refractivity contribution in [1.82, 2.24) is 4.98 Å². The quantitative estimate of drug-likeness (QED) is 0.777. The van der Waals surface area contributed by atoms with E-state index in [-0.39, 0.29) is 5.78 Å². The molecule has 0 unspecified atom stereocenters. The molecule has 0 amide bonds. The van der Waals surface area contributed by atoms with Crippen LogP contribution in [-0.4, -0.2) is 16.6 Å². The van der Waals surface area contributed by atoms with Crippen LogP contribution < -0.4 is 0 Å². The Balaban J connectivity index is 2.45. The van der Waals surface area contributed by atoms with Gasteiger partial charge in [0.1, 0.15) is 0 Å². The van der Waals surface area contributed by atoms with Gasteiger partial charge in [0.2, 0.25) is 11.6 Å². The molecule has 1 aliphatic carbocycles. The molecule has 0 spiro atoms. The lowest BCUT2D eigenvalue weighted by molar-refractivity contribution is -0.111. The number of ketones is 2. The molecule has 3 heteroatoms. The van der Waals surface area contributed by atoms with Crippen LogP contribution in [0.5, 0.6) is 0 Å². The second-order valence-electron chi connectivity index (χ2n) is 4.54. The molecule has 90 valence electrons. The zero-order valence-corrected chi connectivity index (χ0v) is 10.3. The minimum Gasteiger partial charge on any atom is -0.354 e. The number of fused-ring (bicyclic) bond motifs is 3. The van der Waals surface area contributed by atoms with Crippen molar-refractivity contribution >= 4 is 28.0 Å². The average molecular weight is 239 g/mol. The zero-order chi connectivity index (χ0) is 12.9. The van der Waals surface area contributed by atoms with Gasteiger partial charge in [0.15, 0.2) is 0 Å². The molecule has 1 heterocycles. The predicted molar refractivity (Wildman–Crippen MR) is 70.5 cm³/mol. The number of aromatic amines is 1. The van der Waals surface area contributed by atoms with Crippen molar-refractivity contribution in [3.05, 3.63) is 41.1 Å². The minimum atomic E-state index is -0.392. The van der Waals surface area contributed by atoms with Crippen LogP contribution in [0, 0.1) is 0 Å². The SMILES string of the molecule is CCC1=C(C)C(=O)C(=O)c2c1[nH]c1ccccc21. The van der Waals surface area contributed by atoms with Crippen molar-refractivity contribution in [3.8, 4) is 0 Å². The van der Waals surface area contributed by atoms with Gasteiger partial charge in [0, 0.05) is 16.5 Å².